The number of hydrogen-bond donors (Lipinski definition) is 1. The number of para-hydroxylation sites is 1. The number of nitrogens with one attached hydrogen (secondary N) is 1. The fourth-order valence-electron chi connectivity index (χ4n) is 3.89. The highest BCUT2D eigenvalue weighted by Gasteiger charge is 2.42. The molecule has 1 aromatic heterocycles. The molecule has 0 spiro atoms. The molecule has 3 aromatic carbocycles. The molecular weight excluding hydrogens is 365 g/mol. The molecule has 0 radical (unpaired) electrons. The first-order valence-corrected chi connectivity index (χ1v) is 9.43. The summed E-state index contributed by atoms with van der Waals surface area (Å²) >= 11 is 0. The third kappa shape index (κ3) is 2.83. The minimum Gasteiger partial charge on any atom is -0.295 e. The van der Waals surface area contributed by atoms with Crippen LogP contribution >= 0.6 is 0 Å². The minimum atomic E-state index is -0.320. The molecule has 1 amide bonds. The van der Waals surface area contributed by atoms with E-state index < -0.39 is 0 Å². The van der Waals surface area contributed by atoms with Crippen LogP contribution in [-0.2, 0) is 0 Å². The Labute approximate surface area is 167 Å². The summed E-state index contributed by atoms with van der Waals surface area (Å²) in [6, 6.07) is 23.6. The average molecular weight is 383 g/mol. The highest BCUT2D eigenvalue weighted by atomic mass is 19.1. The van der Waals surface area contributed by atoms with Crippen LogP contribution in [0, 0.1) is 12.7 Å². The van der Waals surface area contributed by atoms with E-state index in [1.165, 1.54) is 12.1 Å². The van der Waals surface area contributed by atoms with Gasteiger partial charge in [-0.25, -0.2) is 4.39 Å². The molecule has 1 atom stereocenters. The van der Waals surface area contributed by atoms with Gasteiger partial charge >= 0.3 is 0 Å². The van der Waals surface area contributed by atoms with Gasteiger partial charge in [-0.2, -0.15) is 5.10 Å². The molecule has 1 N–H and O–H groups in total. The largest absolute Gasteiger partial charge is 0.295 e. The molecule has 2 heterocycles. The zero-order chi connectivity index (χ0) is 20.0. The maximum Gasteiger partial charge on any atom is 0.277 e. The third-order valence-corrected chi connectivity index (χ3v) is 5.31. The summed E-state index contributed by atoms with van der Waals surface area (Å²) in [6.07, 6.45) is 0. The quantitative estimate of drug-likeness (QED) is 0.524. The Morgan fingerprint density at radius 3 is 2.31 bits per heavy atom. The maximum atomic E-state index is 13.4. The summed E-state index contributed by atoms with van der Waals surface area (Å²) < 4.78 is 13.4. The Bertz CT molecular complexity index is 1180. The van der Waals surface area contributed by atoms with E-state index >= 15 is 0 Å². The van der Waals surface area contributed by atoms with Crippen molar-refractivity contribution in [1.29, 1.82) is 0 Å². The van der Waals surface area contributed by atoms with Gasteiger partial charge in [-0.05, 0) is 48.9 Å². The zero-order valence-electron chi connectivity index (χ0n) is 15.8. The van der Waals surface area contributed by atoms with Gasteiger partial charge in [0.2, 0.25) is 0 Å². The molecule has 0 bridgehead atoms. The lowest BCUT2D eigenvalue weighted by molar-refractivity contribution is 0.0989. The van der Waals surface area contributed by atoms with Crippen molar-refractivity contribution in [3.8, 4) is 11.3 Å². The molecule has 0 saturated carbocycles. The molecular formula is C24H18FN3O. The van der Waals surface area contributed by atoms with E-state index in [-0.39, 0.29) is 17.8 Å². The van der Waals surface area contributed by atoms with E-state index in [2.05, 4.69) is 10.2 Å². The van der Waals surface area contributed by atoms with Crippen molar-refractivity contribution in [3.05, 3.63) is 107 Å². The second-order valence-electron chi connectivity index (χ2n) is 7.19. The van der Waals surface area contributed by atoms with Crippen molar-refractivity contribution in [1.82, 2.24) is 10.2 Å². The molecule has 4 nitrogen and oxygen atoms in total. The Morgan fingerprint density at radius 1 is 0.931 bits per heavy atom. The van der Waals surface area contributed by atoms with Crippen LogP contribution in [0.4, 0.5) is 10.1 Å². The Hall–Kier alpha value is -3.73. The van der Waals surface area contributed by atoms with Crippen LogP contribution in [0.2, 0.25) is 0 Å². The number of aromatic amines is 1. The minimum absolute atomic E-state index is 0.127. The topological polar surface area (TPSA) is 49.0 Å². The van der Waals surface area contributed by atoms with Gasteiger partial charge in [0.15, 0.2) is 0 Å². The summed E-state index contributed by atoms with van der Waals surface area (Å²) in [5, 5.41) is 7.34. The standard InChI is InChI=1S/C24H18FN3O/c1-15-7-9-17(10-8-15)23-20-21(16-11-13-18(25)14-12-16)26-27-22(20)24(29)28(23)19-5-3-2-4-6-19/h2-14,23H,1H3,(H,26,27). The number of carbonyl (C=O) groups excluding carboxylic acids is 1. The number of fused-ring (bicyclic) bond motifs is 1. The smallest absolute Gasteiger partial charge is 0.277 e. The number of carbonyl (C=O) groups is 1. The molecule has 5 heteroatoms. The monoisotopic (exact) mass is 383 g/mol. The zero-order valence-corrected chi connectivity index (χ0v) is 15.8. The Kier molecular flexibility index (Phi) is 4.02. The second-order valence-corrected chi connectivity index (χ2v) is 7.19. The lowest BCUT2D eigenvalue weighted by Gasteiger charge is -2.26. The molecule has 0 aliphatic carbocycles. The molecule has 5 rings (SSSR count). The van der Waals surface area contributed by atoms with Gasteiger partial charge in [0.25, 0.3) is 5.91 Å². The van der Waals surface area contributed by atoms with Crippen molar-refractivity contribution >= 4 is 11.6 Å². The van der Waals surface area contributed by atoms with Gasteiger partial charge in [-0.3, -0.25) is 14.8 Å². The van der Waals surface area contributed by atoms with E-state index in [1.807, 2.05) is 61.5 Å². The lowest BCUT2D eigenvalue weighted by Crippen LogP contribution is -2.29. The number of nitrogens with zero attached hydrogens (tertiary/aromatic N) is 2. The van der Waals surface area contributed by atoms with Crippen LogP contribution in [0.1, 0.15) is 33.2 Å². The van der Waals surface area contributed by atoms with Crippen LogP contribution in [-0.4, -0.2) is 16.1 Å². The van der Waals surface area contributed by atoms with Gasteiger partial charge in [0.05, 0.1) is 11.7 Å². The second kappa shape index (κ2) is 6.71. The van der Waals surface area contributed by atoms with Crippen molar-refractivity contribution in [2.75, 3.05) is 4.90 Å². The van der Waals surface area contributed by atoms with Crippen LogP contribution < -0.4 is 4.90 Å². The summed E-state index contributed by atoms with van der Waals surface area (Å²) in [4.78, 5) is 15.1. The van der Waals surface area contributed by atoms with Crippen LogP contribution in [0.25, 0.3) is 11.3 Å². The number of aromatic nitrogens is 2. The molecule has 1 aliphatic rings. The summed E-state index contributed by atoms with van der Waals surface area (Å²) in [7, 11) is 0. The maximum absolute atomic E-state index is 13.4. The molecule has 29 heavy (non-hydrogen) atoms. The third-order valence-electron chi connectivity index (χ3n) is 5.31. The summed E-state index contributed by atoms with van der Waals surface area (Å²) in [6.45, 7) is 2.03. The predicted octanol–water partition coefficient (Wildman–Crippen LogP) is 5.27. The van der Waals surface area contributed by atoms with E-state index in [9.17, 15) is 9.18 Å². The van der Waals surface area contributed by atoms with E-state index in [0.29, 0.717) is 11.4 Å². The van der Waals surface area contributed by atoms with Crippen molar-refractivity contribution in [2.24, 2.45) is 0 Å². The number of rotatable bonds is 3. The van der Waals surface area contributed by atoms with Crippen LogP contribution in [0.3, 0.4) is 0 Å². The SMILES string of the molecule is Cc1ccc(C2c3c(-c4ccc(F)cc4)n[nH]c3C(=O)N2c2ccccc2)cc1. The molecule has 142 valence electrons. The number of hydrogen-bond acceptors (Lipinski definition) is 2. The first kappa shape index (κ1) is 17.4. The van der Waals surface area contributed by atoms with E-state index in [4.69, 9.17) is 0 Å². The number of anilines is 1. The highest BCUT2D eigenvalue weighted by Crippen LogP contribution is 2.44. The highest BCUT2D eigenvalue weighted by molar-refractivity contribution is 6.11. The number of amides is 1. The van der Waals surface area contributed by atoms with Crippen molar-refractivity contribution in [3.63, 3.8) is 0 Å². The van der Waals surface area contributed by atoms with Gasteiger partial charge in [-0.1, -0.05) is 48.0 Å². The van der Waals surface area contributed by atoms with Crippen LogP contribution in [0.5, 0.6) is 0 Å². The first-order valence-electron chi connectivity index (χ1n) is 9.43. The van der Waals surface area contributed by atoms with E-state index in [1.54, 1.807) is 17.0 Å². The van der Waals surface area contributed by atoms with Gasteiger partial charge in [0, 0.05) is 16.8 Å². The van der Waals surface area contributed by atoms with Crippen molar-refractivity contribution < 1.29 is 9.18 Å². The lowest BCUT2D eigenvalue weighted by atomic mass is 9.95. The predicted molar refractivity (Wildman–Crippen MR) is 110 cm³/mol. The number of benzene rings is 3. The van der Waals surface area contributed by atoms with Gasteiger partial charge in [0.1, 0.15) is 11.5 Å². The molecule has 0 fully saturated rings. The Balaban J connectivity index is 1.72. The van der Waals surface area contributed by atoms with Gasteiger partial charge < -0.3 is 0 Å². The number of halogens is 1. The number of H-pyrrole nitrogens is 1. The molecule has 4 aromatic rings. The molecule has 1 unspecified atom stereocenters. The average Bonchev–Trinajstić information content (AvgIpc) is 3.29. The molecule has 1 aliphatic heterocycles. The van der Waals surface area contributed by atoms with Crippen LogP contribution in [0.15, 0.2) is 78.9 Å². The summed E-state index contributed by atoms with van der Waals surface area (Å²) in [5.41, 5.74) is 5.68. The summed E-state index contributed by atoms with van der Waals surface area (Å²) in [5.74, 6) is -0.435. The van der Waals surface area contributed by atoms with E-state index in [0.717, 1.165) is 27.9 Å². The Morgan fingerprint density at radius 2 is 1.62 bits per heavy atom. The number of aryl methyl sites for hydroxylation is 1. The van der Waals surface area contributed by atoms with Crippen molar-refractivity contribution in [2.45, 2.75) is 13.0 Å². The fourth-order valence-corrected chi connectivity index (χ4v) is 3.89. The van der Waals surface area contributed by atoms with Gasteiger partial charge in [-0.15, -0.1) is 0 Å². The molecule has 0 saturated heterocycles. The fraction of sp³-hybridized carbons (Fsp3) is 0.0833. The first-order chi connectivity index (χ1) is 14.1. The normalized spacial score (nSPS) is 15.6.